The quantitative estimate of drug-likeness (QED) is 0.112. The zero-order valence-electron chi connectivity index (χ0n) is 23.0. The van der Waals surface area contributed by atoms with Crippen LogP contribution in [0.25, 0.3) is 21.2 Å². The van der Waals surface area contributed by atoms with Crippen molar-refractivity contribution in [2.45, 2.75) is 50.5 Å². The molecule has 0 atom stereocenters. The van der Waals surface area contributed by atoms with Crippen molar-refractivity contribution in [3.63, 3.8) is 0 Å². The molecule has 1 fully saturated rings. The number of ketones is 1. The summed E-state index contributed by atoms with van der Waals surface area (Å²) in [6, 6.07) is 10.4. The van der Waals surface area contributed by atoms with E-state index in [4.69, 9.17) is 23.4 Å². The highest BCUT2D eigenvalue weighted by molar-refractivity contribution is 7.21. The number of rotatable bonds is 7. The van der Waals surface area contributed by atoms with Crippen molar-refractivity contribution < 1.29 is 35.9 Å². The molecule has 1 aliphatic rings. The second-order valence-electron chi connectivity index (χ2n) is 10.6. The average molecular weight is 674 g/mol. The van der Waals surface area contributed by atoms with Gasteiger partial charge >= 0.3 is 6.18 Å². The number of hydrogen-bond donors (Lipinski definition) is 0. The van der Waals surface area contributed by atoms with Crippen LogP contribution < -0.4 is 0 Å². The first-order chi connectivity index (χ1) is 20.8. The molecule has 44 heavy (non-hydrogen) atoms. The number of carbonyl (C=O) groups is 2. The van der Waals surface area contributed by atoms with Gasteiger partial charge < -0.3 is 4.90 Å². The molecule has 232 valence electrons. The number of halogens is 8. The Morgan fingerprint density at radius 2 is 1.43 bits per heavy atom. The van der Waals surface area contributed by atoms with Crippen molar-refractivity contribution in [2.24, 2.45) is 0 Å². The van der Waals surface area contributed by atoms with Gasteiger partial charge in [0.1, 0.15) is 22.3 Å². The fourth-order valence-electron chi connectivity index (χ4n) is 5.50. The Bertz CT molecular complexity index is 1720. The Kier molecular flexibility index (Phi) is 9.32. The van der Waals surface area contributed by atoms with Crippen LogP contribution in [0.3, 0.4) is 0 Å². The molecule has 0 N–H and O–H groups in total. The minimum atomic E-state index is -5.02. The third-order valence-corrected chi connectivity index (χ3v) is 9.82. The lowest BCUT2D eigenvalue weighted by molar-refractivity contribution is -0.0885. The van der Waals surface area contributed by atoms with Crippen molar-refractivity contribution in [1.29, 1.82) is 0 Å². The Labute approximate surface area is 262 Å². The molecule has 1 heterocycles. The number of benzene rings is 3. The fraction of sp³-hybridized carbons (Fsp3) is 0.290. The second-order valence-corrected chi connectivity index (χ2v) is 12.5. The van der Waals surface area contributed by atoms with Gasteiger partial charge in [-0.05, 0) is 72.9 Å². The van der Waals surface area contributed by atoms with E-state index in [2.05, 4.69) is 0 Å². The molecule has 0 saturated heterocycles. The largest absolute Gasteiger partial charge is 0.454 e. The number of Topliss-reactive ketones (excluding diaryl/α,β-unsaturated/α-hetero) is 1. The van der Waals surface area contributed by atoms with Crippen LogP contribution >= 0.6 is 34.7 Å². The summed E-state index contributed by atoms with van der Waals surface area (Å²) in [7, 11) is 1.74. The lowest BCUT2D eigenvalue weighted by Crippen LogP contribution is -2.44. The third kappa shape index (κ3) is 6.47. The lowest BCUT2D eigenvalue weighted by atomic mass is 9.89. The van der Waals surface area contributed by atoms with Gasteiger partial charge in [0.05, 0.1) is 15.1 Å². The number of amides is 1. The molecule has 4 nitrogen and oxygen atoms in total. The van der Waals surface area contributed by atoms with Crippen LogP contribution in [0, 0.1) is 17.5 Å². The summed E-state index contributed by atoms with van der Waals surface area (Å²) in [6.45, 7) is -0.218. The number of thiophene rings is 1. The summed E-state index contributed by atoms with van der Waals surface area (Å²) in [5.41, 5.74) is 0.437. The highest BCUT2D eigenvalue weighted by atomic mass is 35.5. The molecule has 0 spiro atoms. The van der Waals surface area contributed by atoms with Crippen LogP contribution in [-0.4, -0.2) is 46.3 Å². The molecule has 0 unspecified atom stereocenters. The summed E-state index contributed by atoms with van der Waals surface area (Å²) in [4.78, 5) is 27.0. The molecule has 1 amide bonds. The van der Waals surface area contributed by atoms with Gasteiger partial charge in [-0.1, -0.05) is 41.9 Å². The maximum Gasteiger partial charge on any atom is 0.454 e. The van der Waals surface area contributed by atoms with Gasteiger partial charge in [0, 0.05) is 36.8 Å². The number of fused-ring (bicyclic) bond motifs is 1. The van der Waals surface area contributed by atoms with Gasteiger partial charge in [0.15, 0.2) is 0 Å². The fourth-order valence-corrected chi connectivity index (χ4v) is 7.20. The lowest BCUT2D eigenvalue weighted by Gasteiger charge is -2.38. The predicted molar refractivity (Wildman–Crippen MR) is 159 cm³/mol. The van der Waals surface area contributed by atoms with Crippen molar-refractivity contribution in [1.82, 2.24) is 9.32 Å². The first-order valence-corrected chi connectivity index (χ1v) is 15.1. The summed E-state index contributed by atoms with van der Waals surface area (Å²) < 4.78 is 84.3. The zero-order valence-corrected chi connectivity index (χ0v) is 25.4. The molecular weight excluding hydrogens is 649 g/mol. The Hall–Kier alpha value is -3.12. The molecule has 5 rings (SSSR count). The standard InChI is InChI=1S/C31H24Cl2F6N2O2S/c1-40(33)20-7-9-21(10-8-20)41(30(43)28-26(32)25-23(35)12-13-24(36)27(25)44-28)15-19-14-18(6-11-22(19)34)16-2-4-17(5-3-16)29(42)31(37,38)39/h2-6,11-14,20-21H,7-10,15H2,1H3/t20-,21-. The molecule has 4 aromatic rings. The smallest absolute Gasteiger partial charge is 0.330 e. The van der Waals surface area contributed by atoms with Crippen molar-refractivity contribution in [3.8, 4) is 11.1 Å². The first-order valence-electron chi connectivity index (χ1n) is 13.5. The third-order valence-electron chi connectivity index (χ3n) is 7.87. The van der Waals surface area contributed by atoms with Crippen molar-refractivity contribution in [3.05, 3.63) is 93.1 Å². The number of carbonyl (C=O) groups excluding carboxylic acids is 2. The summed E-state index contributed by atoms with van der Waals surface area (Å²) in [5, 5.41) is -0.429. The number of nitrogens with zero attached hydrogens (tertiary/aromatic N) is 2. The molecule has 13 heteroatoms. The van der Waals surface area contributed by atoms with E-state index in [-0.39, 0.29) is 44.2 Å². The summed E-state index contributed by atoms with van der Waals surface area (Å²) in [6.07, 6.45) is -2.69. The van der Waals surface area contributed by atoms with Gasteiger partial charge in [0.2, 0.25) is 0 Å². The average Bonchev–Trinajstić information content (AvgIpc) is 3.36. The van der Waals surface area contributed by atoms with Crippen LogP contribution in [0.1, 0.15) is 51.3 Å². The van der Waals surface area contributed by atoms with Crippen LogP contribution in [0.2, 0.25) is 5.02 Å². The normalized spacial score (nSPS) is 17.3. The van der Waals surface area contributed by atoms with E-state index in [0.717, 1.165) is 35.6 Å². The molecular formula is C31H24Cl2F6N2O2S. The number of hydrogen-bond acceptors (Lipinski definition) is 4. The van der Waals surface area contributed by atoms with Crippen LogP contribution in [-0.2, 0) is 6.54 Å². The topological polar surface area (TPSA) is 40.6 Å². The highest BCUT2D eigenvalue weighted by Gasteiger charge is 2.39. The minimum absolute atomic E-state index is 0.0632. The van der Waals surface area contributed by atoms with Crippen molar-refractivity contribution >= 4 is 56.5 Å². The molecule has 1 aliphatic carbocycles. The SMILES string of the molecule is CN(Cl)[C@H]1CC[C@H](N(Cc2cc(-c3ccc(C(=O)C(F)(F)F)cc3)ccc2F)C(=O)c2sc3c(F)ccc(F)c3c2Cl)CC1. The van der Waals surface area contributed by atoms with Gasteiger partial charge in [-0.2, -0.15) is 13.2 Å². The maximum absolute atomic E-state index is 15.2. The molecule has 0 aliphatic heterocycles. The second kappa shape index (κ2) is 12.7. The number of alkyl halides is 3. The summed E-state index contributed by atoms with van der Waals surface area (Å²) >= 11 is 13.3. The van der Waals surface area contributed by atoms with E-state index in [9.17, 15) is 31.5 Å². The van der Waals surface area contributed by atoms with E-state index >= 15 is 4.39 Å². The van der Waals surface area contributed by atoms with Crippen LogP contribution in [0.4, 0.5) is 26.3 Å². The first kappa shape index (κ1) is 32.3. The Balaban J connectivity index is 1.50. The van der Waals surface area contributed by atoms with E-state index in [1.165, 1.54) is 35.2 Å². The highest BCUT2D eigenvalue weighted by Crippen LogP contribution is 2.40. The van der Waals surface area contributed by atoms with Crippen molar-refractivity contribution in [2.75, 3.05) is 7.05 Å². The van der Waals surface area contributed by atoms with Gasteiger partial charge in [-0.3, -0.25) is 9.59 Å². The molecule has 3 aromatic carbocycles. The van der Waals surface area contributed by atoms with Crippen LogP contribution in [0.15, 0.2) is 54.6 Å². The monoisotopic (exact) mass is 672 g/mol. The minimum Gasteiger partial charge on any atom is -0.330 e. The molecule has 1 aromatic heterocycles. The Morgan fingerprint density at radius 3 is 2.02 bits per heavy atom. The molecule has 1 saturated carbocycles. The molecule has 0 bridgehead atoms. The predicted octanol–water partition coefficient (Wildman–Crippen LogP) is 9.42. The van der Waals surface area contributed by atoms with Gasteiger partial charge in [0.25, 0.3) is 11.7 Å². The zero-order chi connectivity index (χ0) is 31.9. The maximum atomic E-state index is 15.2. The summed E-state index contributed by atoms with van der Waals surface area (Å²) in [5.74, 6) is -4.73. The van der Waals surface area contributed by atoms with E-state index in [1.54, 1.807) is 11.5 Å². The Morgan fingerprint density at radius 1 is 0.864 bits per heavy atom. The van der Waals surface area contributed by atoms with Gasteiger partial charge in [-0.15, -0.1) is 11.3 Å². The van der Waals surface area contributed by atoms with Gasteiger partial charge in [-0.25, -0.2) is 17.6 Å². The van der Waals surface area contributed by atoms with E-state index in [0.29, 0.717) is 36.8 Å². The van der Waals surface area contributed by atoms with E-state index < -0.39 is 40.9 Å². The molecule has 0 radical (unpaired) electrons. The van der Waals surface area contributed by atoms with Crippen LogP contribution in [0.5, 0.6) is 0 Å². The van der Waals surface area contributed by atoms with E-state index in [1.807, 2.05) is 0 Å².